The Balaban J connectivity index is 1.76. The molecular weight excluding hydrogens is 335 g/mol. The number of ether oxygens (including phenoxy) is 1. The first-order chi connectivity index (χ1) is 12.5. The number of carbonyl (C=O) groups excluding carboxylic acids is 1. The second kappa shape index (κ2) is 7.35. The first kappa shape index (κ1) is 17.6. The molecule has 0 bridgehead atoms. The number of rotatable bonds is 5. The van der Waals surface area contributed by atoms with Gasteiger partial charge in [-0.1, -0.05) is 23.4 Å². The number of hydrogen-bond donors (Lipinski definition) is 1. The van der Waals surface area contributed by atoms with Gasteiger partial charge in [0.1, 0.15) is 11.6 Å². The monoisotopic (exact) mass is 354 g/mol. The summed E-state index contributed by atoms with van der Waals surface area (Å²) >= 11 is 0. The van der Waals surface area contributed by atoms with Gasteiger partial charge in [-0.2, -0.15) is 0 Å². The Labute approximate surface area is 150 Å². The number of carbonyl (C=O) groups is 1. The lowest BCUT2D eigenvalue weighted by atomic mass is 10.2. The molecule has 1 amide bonds. The molecule has 26 heavy (non-hydrogen) atoms. The zero-order valence-corrected chi connectivity index (χ0v) is 14.8. The molecule has 3 rings (SSSR count). The minimum Gasteiger partial charge on any atom is -0.497 e. The molecule has 0 unspecified atom stereocenters. The quantitative estimate of drug-likeness (QED) is 0.765. The first-order valence-corrected chi connectivity index (χ1v) is 8.09. The van der Waals surface area contributed by atoms with Crippen LogP contribution in [0.5, 0.6) is 5.75 Å². The molecule has 0 aliphatic carbocycles. The lowest BCUT2D eigenvalue weighted by Gasteiger charge is -2.07. The summed E-state index contributed by atoms with van der Waals surface area (Å²) in [4.78, 5) is 12.4. The van der Waals surface area contributed by atoms with Gasteiger partial charge < -0.3 is 10.1 Å². The Hall–Kier alpha value is -3.22. The van der Waals surface area contributed by atoms with Gasteiger partial charge in [0.15, 0.2) is 5.69 Å². The highest BCUT2D eigenvalue weighted by atomic mass is 19.1. The molecule has 0 spiro atoms. The summed E-state index contributed by atoms with van der Waals surface area (Å²) in [6.07, 6.45) is 0. The van der Waals surface area contributed by atoms with Gasteiger partial charge in [-0.25, -0.2) is 9.07 Å². The normalized spacial score (nSPS) is 10.6. The summed E-state index contributed by atoms with van der Waals surface area (Å²) in [5.41, 5.74) is 2.71. The maximum Gasteiger partial charge on any atom is 0.274 e. The van der Waals surface area contributed by atoms with Crippen molar-refractivity contribution in [2.45, 2.75) is 20.4 Å². The maximum absolute atomic E-state index is 13.8. The number of methoxy groups -OCH3 is 1. The van der Waals surface area contributed by atoms with E-state index in [1.807, 2.05) is 24.3 Å². The number of aromatic nitrogens is 3. The minimum absolute atomic E-state index is 0.203. The van der Waals surface area contributed by atoms with Crippen LogP contribution < -0.4 is 10.1 Å². The van der Waals surface area contributed by atoms with E-state index in [1.165, 1.54) is 10.7 Å². The van der Waals surface area contributed by atoms with E-state index in [2.05, 4.69) is 15.6 Å². The van der Waals surface area contributed by atoms with Crippen LogP contribution in [0.2, 0.25) is 0 Å². The number of aryl methyl sites for hydroxylation is 1. The van der Waals surface area contributed by atoms with Crippen LogP contribution >= 0.6 is 0 Å². The van der Waals surface area contributed by atoms with Crippen LogP contribution in [0, 0.1) is 19.7 Å². The summed E-state index contributed by atoms with van der Waals surface area (Å²) < 4.78 is 20.4. The Morgan fingerprint density at radius 3 is 2.77 bits per heavy atom. The fraction of sp³-hybridized carbons (Fsp3) is 0.211. The predicted octanol–water partition coefficient (Wildman–Crippen LogP) is 2.96. The molecule has 1 heterocycles. The third-order valence-corrected chi connectivity index (χ3v) is 4.10. The first-order valence-electron chi connectivity index (χ1n) is 8.09. The van der Waals surface area contributed by atoms with Gasteiger partial charge in [-0.05, 0) is 49.2 Å². The van der Waals surface area contributed by atoms with Crippen LogP contribution in [-0.2, 0) is 6.54 Å². The van der Waals surface area contributed by atoms with Crippen molar-refractivity contribution in [1.82, 2.24) is 20.3 Å². The fourth-order valence-electron chi connectivity index (χ4n) is 2.55. The number of hydrogen-bond acceptors (Lipinski definition) is 4. The topological polar surface area (TPSA) is 69.0 Å². The van der Waals surface area contributed by atoms with E-state index in [0.717, 1.165) is 11.3 Å². The number of nitrogens with one attached hydrogen (secondary N) is 1. The second-order valence-electron chi connectivity index (χ2n) is 5.90. The van der Waals surface area contributed by atoms with Gasteiger partial charge >= 0.3 is 0 Å². The highest BCUT2D eigenvalue weighted by molar-refractivity contribution is 5.93. The Kier molecular flexibility index (Phi) is 4.97. The molecule has 134 valence electrons. The van der Waals surface area contributed by atoms with Crippen LogP contribution in [-0.4, -0.2) is 28.0 Å². The second-order valence-corrected chi connectivity index (χ2v) is 5.90. The van der Waals surface area contributed by atoms with Crippen LogP contribution in [0.4, 0.5) is 4.39 Å². The third-order valence-electron chi connectivity index (χ3n) is 4.10. The summed E-state index contributed by atoms with van der Waals surface area (Å²) in [5, 5.41) is 10.7. The molecule has 0 aliphatic rings. The van der Waals surface area contributed by atoms with E-state index in [1.54, 1.807) is 33.1 Å². The molecule has 2 aromatic carbocycles. The largest absolute Gasteiger partial charge is 0.497 e. The average molecular weight is 354 g/mol. The highest BCUT2D eigenvalue weighted by Gasteiger charge is 2.17. The number of benzene rings is 2. The fourth-order valence-corrected chi connectivity index (χ4v) is 2.55. The van der Waals surface area contributed by atoms with Gasteiger partial charge in [-0.3, -0.25) is 4.79 Å². The van der Waals surface area contributed by atoms with Crippen molar-refractivity contribution in [3.63, 3.8) is 0 Å². The molecule has 1 aromatic heterocycles. The lowest BCUT2D eigenvalue weighted by Crippen LogP contribution is -2.24. The van der Waals surface area contributed by atoms with Gasteiger partial charge in [0.25, 0.3) is 5.91 Å². The standard InChI is InChI=1S/C19H19FN4O2/c1-12-7-8-15(10-17(12)20)24-13(2)18(22-23-24)19(25)21-11-14-5-4-6-16(9-14)26-3/h4-10H,11H2,1-3H3,(H,21,25). The van der Waals surface area contributed by atoms with E-state index < -0.39 is 0 Å². The van der Waals surface area contributed by atoms with Gasteiger partial charge in [0, 0.05) is 6.54 Å². The highest BCUT2D eigenvalue weighted by Crippen LogP contribution is 2.16. The maximum atomic E-state index is 13.8. The number of amides is 1. The summed E-state index contributed by atoms with van der Waals surface area (Å²) in [6.45, 7) is 3.74. The third kappa shape index (κ3) is 3.56. The zero-order valence-electron chi connectivity index (χ0n) is 14.8. The smallest absolute Gasteiger partial charge is 0.274 e. The van der Waals surface area contributed by atoms with Crippen molar-refractivity contribution in [2.75, 3.05) is 7.11 Å². The van der Waals surface area contributed by atoms with E-state index >= 15 is 0 Å². The van der Waals surface area contributed by atoms with Crippen LogP contribution in [0.3, 0.4) is 0 Å². The van der Waals surface area contributed by atoms with E-state index in [-0.39, 0.29) is 17.4 Å². The average Bonchev–Trinajstić information content (AvgIpc) is 3.03. The summed E-state index contributed by atoms with van der Waals surface area (Å²) in [7, 11) is 1.59. The van der Waals surface area contributed by atoms with E-state index in [9.17, 15) is 9.18 Å². The molecule has 0 fully saturated rings. The van der Waals surface area contributed by atoms with E-state index in [0.29, 0.717) is 23.5 Å². The van der Waals surface area contributed by atoms with Crippen molar-refractivity contribution in [2.24, 2.45) is 0 Å². The molecule has 0 aliphatic heterocycles. The Morgan fingerprint density at radius 1 is 1.23 bits per heavy atom. The number of nitrogens with zero attached hydrogens (tertiary/aromatic N) is 3. The van der Waals surface area contributed by atoms with E-state index in [4.69, 9.17) is 4.74 Å². The predicted molar refractivity (Wildman–Crippen MR) is 95.0 cm³/mol. The molecule has 0 radical (unpaired) electrons. The Bertz CT molecular complexity index is 952. The van der Waals surface area contributed by atoms with Crippen molar-refractivity contribution in [1.29, 1.82) is 0 Å². The summed E-state index contributed by atoms with van der Waals surface area (Å²) in [6, 6.07) is 12.2. The molecule has 0 saturated carbocycles. The van der Waals surface area contributed by atoms with Gasteiger partial charge in [0.05, 0.1) is 18.5 Å². The van der Waals surface area contributed by atoms with Crippen molar-refractivity contribution in [3.8, 4) is 11.4 Å². The lowest BCUT2D eigenvalue weighted by molar-refractivity contribution is 0.0945. The molecule has 0 atom stereocenters. The molecule has 3 aromatic rings. The SMILES string of the molecule is COc1cccc(CNC(=O)c2nnn(-c3ccc(C)c(F)c3)c2C)c1. The van der Waals surface area contributed by atoms with Gasteiger partial charge in [0.2, 0.25) is 0 Å². The van der Waals surface area contributed by atoms with Crippen LogP contribution in [0.15, 0.2) is 42.5 Å². The van der Waals surface area contributed by atoms with Crippen LogP contribution in [0.25, 0.3) is 5.69 Å². The molecule has 1 N–H and O–H groups in total. The van der Waals surface area contributed by atoms with Crippen molar-refractivity contribution >= 4 is 5.91 Å². The Morgan fingerprint density at radius 2 is 2.04 bits per heavy atom. The minimum atomic E-state index is -0.343. The molecular formula is C19H19FN4O2. The molecule has 6 nitrogen and oxygen atoms in total. The van der Waals surface area contributed by atoms with Gasteiger partial charge in [-0.15, -0.1) is 5.10 Å². The molecule has 7 heteroatoms. The van der Waals surface area contributed by atoms with Crippen LogP contribution in [0.1, 0.15) is 27.3 Å². The van der Waals surface area contributed by atoms with Crippen molar-refractivity contribution < 1.29 is 13.9 Å². The molecule has 0 saturated heterocycles. The summed E-state index contributed by atoms with van der Waals surface area (Å²) in [5.74, 6) is 0.0471. The van der Waals surface area contributed by atoms with Crippen molar-refractivity contribution in [3.05, 3.63) is 70.8 Å². The zero-order chi connectivity index (χ0) is 18.7. The number of halogens is 1.